The topological polar surface area (TPSA) is 28.9 Å². The van der Waals surface area contributed by atoms with Crippen molar-refractivity contribution in [2.24, 2.45) is 0 Å². The van der Waals surface area contributed by atoms with E-state index < -0.39 is 0 Å². The van der Waals surface area contributed by atoms with Crippen molar-refractivity contribution in [2.75, 3.05) is 46.4 Å². The molecule has 23 heavy (non-hydrogen) atoms. The molecule has 0 saturated carbocycles. The van der Waals surface area contributed by atoms with Crippen molar-refractivity contribution >= 4 is 11.0 Å². The highest BCUT2D eigenvalue weighted by Crippen LogP contribution is 2.27. The summed E-state index contributed by atoms with van der Waals surface area (Å²) in [4.78, 5) is 4.92. The molecule has 0 radical (unpaired) electrons. The van der Waals surface area contributed by atoms with Gasteiger partial charge < -0.3 is 14.1 Å². The van der Waals surface area contributed by atoms with E-state index in [1.807, 2.05) is 6.07 Å². The summed E-state index contributed by atoms with van der Waals surface area (Å²) in [7, 11) is 2.20. The minimum atomic E-state index is 0.871. The molecule has 0 N–H and O–H groups in total. The van der Waals surface area contributed by atoms with E-state index in [1.54, 1.807) is 0 Å². The molecule has 126 valence electrons. The number of fused-ring (bicyclic) bond motifs is 1. The molecular weight excluding hydrogens is 288 g/mol. The van der Waals surface area contributed by atoms with E-state index in [9.17, 15) is 0 Å². The van der Waals surface area contributed by atoms with Gasteiger partial charge in [-0.1, -0.05) is 25.1 Å². The lowest BCUT2D eigenvalue weighted by molar-refractivity contribution is 0.139. The fourth-order valence-corrected chi connectivity index (χ4v) is 3.29. The summed E-state index contributed by atoms with van der Waals surface area (Å²) in [5, 5.41) is 1.26. The number of aryl methyl sites for hydroxylation is 1. The highest BCUT2D eigenvalue weighted by atomic mass is 16.5. The van der Waals surface area contributed by atoms with Crippen LogP contribution >= 0.6 is 0 Å². The molecule has 0 aliphatic carbocycles. The van der Waals surface area contributed by atoms with Gasteiger partial charge in [-0.2, -0.15) is 0 Å². The maximum absolute atomic E-state index is 6.01. The first-order valence-electron chi connectivity index (χ1n) is 8.76. The Morgan fingerprint density at radius 3 is 2.91 bits per heavy atom. The van der Waals surface area contributed by atoms with Crippen LogP contribution in [0.5, 0.6) is 0 Å². The Balaban J connectivity index is 1.62. The van der Waals surface area contributed by atoms with Gasteiger partial charge in [0, 0.05) is 56.7 Å². The fraction of sp³-hybridized carbons (Fsp3) is 0.579. The highest BCUT2D eigenvalue weighted by Gasteiger charge is 2.15. The average Bonchev–Trinajstić information content (AvgIpc) is 2.74. The molecule has 0 atom stereocenters. The number of ether oxygens (including phenoxy) is 1. The zero-order valence-corrected chi connectivity index (χ0v) is 14.4. The minimum Gasteiger partial charge on any atom is -0.461 e. The molecule has 4 nitrogen and oxygen atoms in total. The molecule has 0 amide bonds. The fourth-order valence-electron chi connectivity index (χ4n) is 3.29. The number of rotatable bonds is 6. The summed E-state index contributed by atoms with van der Waals surface area (Å²) < 4.78 is 11.5. The van der Waals surface area contributed by atoms with E-state index >= 15 is 0 Å². The van der Waals surface area contributed by atoms with Gasteiger partial charge in [0.2, 0.25) is 0 Å². The summed E-state index contributed by atoms with van der Waals surface area (Å²) in [6.45, 7) is 9.29. The summed E-state index contributed by atoms with van der Waals surface area (Å²) in [5.74, 6) is 1.13. The molecule has 0 bridgehead atoms. The van der Waals surface area contributed by atoms with Crippen molar-refractivity contribution in [1.29, 1.82) is 0 Å². The lowest BCUT2D eigenvalue weighted by atomic mass is 10.1. The predicted octanol–water partition coefficient (Wildman–Crippen LogP) is 3.15. The molecule has 0 unspecified atom stereocenters. The van der Waals surface area contributed by atoms with Crippen LogP contribution in [0.15, 0.2) is 28.7 Å². The van der Waals surface area contributed by atoms with Crippen LogP contribution in [-0.2, 0) is 17.7 Å². The Morgan fingerprint density at radius 1 is 1.17 bits per heavy atom. The van der Waals surface area contributed by atoms with Crippen LogP contribution in [0.4, 0.5) is 0 Å². The maximum atomic E-state index is 6.01. The van der Waals surface area contributed by atoms with Crippen LogP contribution in [0.2, 0.25) is 0 Å². The molecule has 1 aromatic carbocycles. The van der Waals surface area contributed by atoms with Crippen LogP contribution < -0.4 is 0 Å². The molecule has 4 heteroatoms. The number of nitrogens with zero attached hydrogens (tertiary/aromatic N) is 2. The molecule has 0 spiro atoms. The Kier molecular flexibility index (Phi) is 5.70. The summed E-state index contributed by atoms with van der Waals surface area (Å²) in [6.07, 6.45) is 2.09. The second kappa shape index (κ2) is 7.95. The molecule has 2 heterocycles. The largest absolute Gasteiger partial charge is 0.461 e. The molecule has 1 aromatic heterocycles. The second-order valence-corrected chi connectivity index (χ2v) is 6.40. The average molecular weight is 316 g/mol. The van der Waals surface area contributed by atoms with Crippen molar-refractivity contribution < 1.29 is 9.15 Å². The van der Waals surface area contributed by atoms with Crippen LogP contribution in [0.3, 0.4) is 0 Å². The second-order valence-electron chi connectivity index (χ2n) is 6.40. The van der Waals surface area contributed by atoms with Crippen LogP contribution in [0.1, 0.15) is 24.7 Å². The number of benzene rings is 1. The predicted molar refractivity (Wildman–Crippen MR) is 93.8 cm³/mol. The minimum absolute atomic E-state index is 0.871. The monoisotopic (exact) mass is 316 g/mol. The Hall–Kier alpha value is -1.36. The summed E-state index contributed by atoms with van der Waals surface area (Å²) >= 11 is 0. The Bertz CT molecular complexity index is 615. The normalized spacial score (nSPS) is 17.0. The third-order valence-electron chi connectivity index (χ3n) is 4.64. The van der Waals surface area contributed by atoms with Crippen molar-refractivity contribution in [3.63, 3.8) is 0 Å². The first-order chi connectivity index (χ1) is 11.3. The van der Waals surface area contributed by atoms with Crippen molar-refractivity contribution in [1.82, 2.24) is 9.80 Å². The summed E-state index contributed by atoms with van der Waals surface area (Å²) in [6, 6.07) is 8.38. The first-order valence-corrected chi connectivity index (χ1v) is 8.76. The van der Waals surface area contributed by atoms with E-state index in [2.05, 4.69) is 42.0 Å². The SMILES string of the molecule is CCc1oc2ccccc2c1CN(C)CCN1CCCOCC1. The molecule has 1 fully saturated rings. The molecule has 1 aliphatic heterocycles. The van der Waals surface area contributed by atoms with Gasteiger partial charge in [0.25, 0.3) is 0 Å². The third kappa shape index (κ3) is 4.14. The smallest absolute Gasteiger partial charge is 0.134 e. The lowest BCUT2D eigenvalue weighted by Crippen LogP contribution is -2.34. The zero-order valence-electron chi connectivity index (χ0n) is 14.4. The quantitative estimate of drug-likeness (QED) is 0.818. The van der Waals surface area contributed by atoms with Gasteiger partial charge in [0.05, 0.1) is 6.61 Å². The molecule has 1 saturated heterocycles. The zero-order chi connectivity index (χ0) is 16.1. The molecular formula is C19H28N2O2. The van der Waals surface area contributed by atoms with Crippen LogP contribution in [-0.4, -0.2) is 56.2 Å². The molecule has 2 aromatic rings. The van der Waals surface area contributed by atoms with Crippen LogP contribution in [0.25, 0.3) is 11.0 Å². The lowest BCUT2D eigenvalue weighted by Gasteiger charge is -2.23. The molecule has 3 rings (SSSR count). The van der Waals surface area contributed by atoms with Gasteiger partial charge in [-0.15, -0.1) is 0 Å². The summed E-state index contributed by atoms with van der Waals surface area (Å²) in [5.41, 5.74) is 2.36. The third-order valence-corrected chi connectivity index (χ3v) is 4.64. The van der Waals surface area contributed by atoms with Gasteiger partial charge in [-0.3, -0.25) is 4.90 Å². The van der Waals surface area contributed by atoms with Crippen LogP contribution in [0, 0.1) is 0 Å². The van der Waals surface area contributed by atoms with E-state index in [1.165, 1.54) is 10.9 Å². The highest BCUT2D eigenvalue weighted by molar-refractivity contribution is 5.82. The Labute approximate surface area is 139 Å². The standard InChI is InChI=1S/C19H28N2O2/c1-3-18-17(16-7-4-5-8-19(16)23-18)15-20(2)10-11-21-9-6-13-22-14-12-21/h4-5,7-8H,3,6,9-15H2,1-2H3. The number of likely N-dealkylation sites (N-methyl/N-ethyl adjacent to an activating group) is 1. The number of para-hydroxylation sites is 1. The molecule has 1 aliphatic rings. The first kappa shape index (κ1) is 16.5. The van der Waals surface area contributed by atoms with Gasteiger partial charge in [0.15, 0.2) is 0 Å². The number of hydrogen-bond donors (Lipinski definition) is 0. The van der Waals surface area contributed by atoms with Crippen molar-refractivity contribution in [3.05, 3.63) is 35.6 Å². The van der Waals surface area contributed by atoms with Gasteiger partial charge in [-0.05, 0) is 19.5 Å². The van der Waals surface area contributed by atoms with Gasteiger partial charge >= 0.3 is 0 Å². The number of hydrogen-bond acceptors (Lipinski definition) is 4. The number of furan rings is 1. The Morgan fingerprint density at radius 2 is 2.04 bits per heavy atom. The van der Waals surface area contributed by atoms with E-state index in [0.29, 0.717) is 0 Å². The van der Waals surface area contributed by atoms with Gasteiger partial charge in [-0.25, -0.2) is 0 Å². The van der Waals surface area contributed by atoms with E-state index in [0.717, 1.165) is 70.1 Å². The van der Waals surface area contributed by atoms with E-state index in [4.69, 9.17) is 9.15 Å². The van der Waals surface area contributed by atoms with Gasteiger partial charge in [0.1, 0.15) is 11.3 Å². The van der Waals surface area contributed by atoms with Crippen molar-refractivity contribution in [3.8, 4) is 0 Å². The van der Waals surface area contributed by atoms with Crippen molar-refractivity contribution in [2.45, 2.75) is 26.3 Å². The maximum Gasteiger partial charge on any atom is 0.134 e. The van der Waals surface area contributed by atoms with E-state index in [-0.39, 0.29) is 0 Å².